The largest absolute Gasteiger partial charge is 0.360 e. The van der Waals surface area contributed by atoms with Gasteiger partial charge in [-0.25, -0.2) is 43.9 Å². The first kappa shape index (κ1) is 20.7. The van der Waals surface area contributed by atoms with Gasteiger partial charge in [-0.05, 0) is 6.92 Å². The Morgan fingerprint density at radius 2 is 0.897 bits per heavy atom. The Balaban J connectivity index is 2.50. The van der Waals surface area contributed by atoms with Gasteiger partial charge in [-0.2, -0.15) is 0 Å². The van der Waals surface area contributed by atoms with E-state index < -0.39 is 81.0 Å². The number of hydrogen-bond donors (Lipinski definition) is 0. The Labute approximate surface area is 154 Å². The molecule has 3 aromatic rings. The highest BCUT2D eigenvalue weighted by Gasteiger charge is 2.39. The minimum atomic E-state index is -2.75. The first-order valence-corrected chi connectivity index (χ1v) is 7.44. The number of aromatic nitrogens is 1. The van der Waals surface area contributed by atoms with Crippen LogP contribution in [0, 0.1) is 65.1 Å². The maximum Gasteiger partial charge on any atom is 0.200 e. The molecule has 0 spiro atoms. The second-order valence-corrected chi connectivity index (χ2v) is 5.77. The van der Waals surface area contributed by atoms with Crippen molar-refractivity contribution in [2.75, 3.05) is 0 Å². The van der Waals surface area contributed by atoms with E-state index in [2.05, 4.69) is 9.68 Å². The topological polar surface area (TPSA) is 26.0 Å². The molecule has 12 heteroatoms. The van der Waals surface area contributed by atoms with Crippen molar-refractivity contribution >= 4 is 0 Å². The Bertz CT molecular complexity index is 1010. The van der Waals surface area contributed by atoms with E-state index in [1.807, 2.05) is 0 Å². The van der Waals surface area contributed by atoms with Gasteiger partial charge in [0.15, 0.2) is 46.5 Å². The highest BCUT2D eigenvalue weighted by Crippen LogP contribution is 2.41. The van der Waals surface area contributed by atoms with Crippen molar-refractivity contribution in [1.29, 1.82) is 0 Å². The molecule has 0 amide bonds. The second-order valence-electron chi connectivity index (χ2n) is 5.77. The zero-order chi connectivity index (χ0) is 21.8. The van der Waals surface area contributed by atoms with Crippen LogP contribution < -0.4 is 0 Å². The molecule has 2 nitrogen and oxygen atoms in total. The molecule has 29 heavy (non-hydrogen) atoms. The molecule has 2 aromatic carbocycles. The minimum Gasteiger partial charge on any atom is -0.360 e. The van der Waals surface area contributed by atoms with Crippen LogP contribution >= 0.6 is 0 Å². The van der Waals surface area contributed by atoms with E-state index >= 15 is 0 Å². The third-order valence-corrected chi connectivity index (χ3v) is 4.00. The highest BCUT2D eigenvalue weighted by molar-refractivity contribution is 5.44. The summed E-state index contributed by atoms with van der Waals surface area (Å²) < 4.78 is 143. The SMILES string of the molecule is Cc1cc(C(c2c(F)c(F)c(F)c(F)c2F)c2c(F)c(F)c(F)c(F)c2F)on1. The molecule has 0 fully saturated rings. The monoisotopic (exact) mass is 429 g/mol. The summed E-state index contributed by atoms with van der Waals surface area (Å²) in [6.07, 6.45) is 0. The van der Waals surface area contributed by atoms with Crippen molar-refractivity contribution in [3.8, 4) is 0 Å². The molecule has 154 valence electrons. The van der Waals surface area contributed by atoms with E-state index in [0.717, 1.165) is 6.07 Å². The molecule has 0 radical (unpaired) electrons. The quantitative estimate of drug-likeness (QED) is 0.310. The fraction of sp³-hybridized carbons (Fsp3) is 0.118. The highest BCUT2D eigenvalue weighted by atomic mass is 19.2. The van der Waals surface area contributed by atoms with Crippen molar-refractivity contribution < 1.29 is 48.4 Å². The molecule has 0 aliphatic rings. The summed E-state index contributed by atoms with van der Waals surface area (Å²) in [4.78, 5) is 0. The predicted octanol–water partition coefficient (Wildman–Crippen LogP) is 5.55. The van der Waals surface area contributed by atoms with Crippen LogP contribution in [-0.2, 0) is 0 Å². The Morgan fingerprint density at radius 1 is 0.586 bits per heavy atom. The van der Waals surface area contributed by atoms with Gasteiger partial charge < -0.3 is 4.52 Å². The molecular weight excluding hydrogens is 424 g/mol. The molecule has 0 aliphatic heterocycles. The second kappa shape index (κ2) is 7.08. The number of hydrogen-bond acceptors (Lipinski definition) is 2. The maximum absolute atomic E-state index is 14.3. The fourth-order valence-electron chi connectivity index (χ4n) is 2.70. The molecule has 0 bridgehead atoms. The van der Waals surface area contributed by atoms with Gasteiger partial charge in [-0.3, -0.25) is 0 Å². The molecular formula is C17H5F10NO. The van der Waals surface area contributed by atoms with E-state index in [0.29, 0.717) is 0 Å². The van der Waals surface area contributed by atoms with Gasteiger partial charge in [0.2, 0.25) is 11.6 Å². The van der Waals surface area contributed by atoms with E-state index in [9.17, 15) is 43.9 Å². The van der Waals surface area contributed by atoms with Gasteiger partial charge in [-0.1, -0.05) is 5.16 Å². The van der Waals surface area contributed by atoms with E-state index in [4.69, 9.17) is 0 Å². The minimum absolute atomic E-state index is 0.0854. The van der Waals surface area contributed by atoms with E-state index in [1.165, 1.54) is 6.92 Å². The normalized spacial score (nSPS) is 11.6. The first-order chi connectivity index (χ1) is 13.5. The molecule has 0 atom stereocenters. The van der Waals surface area contributed by atoms with Crippen LogP contribution in [0.2, 0.25) is 0 Å². The first-order valence-electron chi connectivity index (χ1n) is 7.44. The summed E-state index contributed by atoms with van der Waals surface area (Å²) in [5, 5.41) is 3.24. The van der Waals surface area contributed by atoms with Crippen LogP contribution in [-0.4, -0.2) is 5.16 Å². The maximum atomic E-state index is 14.3. The lowest BCUT2D eigenvalue weighted by Crippen LogP contribution is -2.18. The standard InChI is InChI=1S/C17H5F10NO/c1-3-2-4(29-28-3)5(6-8(18)12(22)16(26)13(23)9(6)19)7-10(20)14(24)17(27)15(25)11(7)21/h2,5H,1H3. The predicted molar refractivity (Wildman–Crippen MR) is 74.6 cm³/mol. The zero-order valence-corrected chi connectivity index (χ0v) is 13.8. The van der Waals surface area contributed by atoms with Gasteiger partial charge >= 0.3 is 0 Å². The number of benzene rings is 2. The van der Waals surface area contributed by atoms with Gasteiger partial charge in [0, 0.05) is 17.2 Å². The van der Waals surface area contributed by atoms with Crippen LogP contribution in [0.4, 0.5) is 43.9 Å². The van der Waals surface area contributed by atoms with Gasteiger partial charge in [0.05, 0.1) is 11.6 Å². The Morgan fingerprint density at radius 3 is 1.17 bits per heavy atom. The third-order valence-electron chi connectivity index (χ3n) is 4.00. The summed E-state index contributed by atoms with van der Waals surface area (Å²) in [5.74, 6) is -29.1. The fourth-order valence-corrected chi connectivity index (χ4v) is 2.70. The molecule has 3 rings (SSSR count). The smallest absolute Gasteiger partial charge is 0.200 e. The van der Waals surface area contributed by atoms with Crippen molar-refractivity contribution in [2.24, 2.45) is 0 Å². The summed E-state index contributed by atoms with van der Waals surface area (Å²) >= 11 is 0. The Hall–Kier alpha value is -3.05. The van der Waals surface area contributed by atoms with Crippen molar-refractivity contribution in [2.45, 2.75) is 12.8 Å². The summed E-state index contributed by atoms with van der Waals surface area (Å²) in [5.41, 5.74) is -3.86. The summed E-state index contributed by atoms with van der Waals surface area (Å²) in [6, 6.07) is 0.765. The van der Waals surface area contributed by atoms with Crippen LogP contribution in [0.15, 0.2) is 10.6 Å². The van der Waals surface area contributed by atoms with Gasteiger partial charge in [0.25, 0.3) is 0 Å². The average molecular weight is 429 g/mol. The number of nitrogens with zero attached hydrogens (tertiary/aromatic N) is 1. The van der Waals surface area contributed by atoms with E-state index in [1.54, 1.807) is 0 Å². The molecule has 0 N–H and O–H groups in total. The Kier molecular flexibility index (Phi) is 5.05. The van der Waals surface area contributed by atoms with Crippen LogP contribution in [0.25, 0.3) is 0 Å². The molecule has 0 unspecified atom stereocenters. The zero-order valence-electron chi connectivity index (χ0n) is 13.8. The van der Waals surface area contributed by atoms with Crippen molar-refractivity contribution in [3.05, 3.63) is 86.8 Å². The van der Waals surface area contributed by atoms with Gasteiger partial charge in [-0.15, -0.1) is 0 Å². The number of rotatable bonds is 3. The molecule has 1 heterocycles. The summed E-state index contributed by atoms with van der Waals surface area (Å²) in [6.45, 7) is 1.21. The summed E-state index contributed by atoms with van der Waals surface area (Å²) in [7, 11) is 0. The molecule has 0 saturated carbocycles. The lowest BCUT2D eigenvalue weighted by Gasteiger charge is -2.19. The molecule has 0 saturated heterocycles. The number of aryl methyl sites for hydroxylation is 1. The molecule has 1 aromatic heterocycles. The molecule has 0 aliphatic carbocycles. The van der Waals surface area contributed by atoms with E-state index in [-0.39, 0.29) is 5.69 Å². The third kappa shape index (κ3) is 3.02. The van der Waals surface area contributed by atoms with Gasteiger partial charge in [0.1, 0.15) is 5.76 Å². The van der Waals surface area contributed by atoms with Crippen LogP contribution in [0.3, 0.4) is 0 Å². The van der Waals surface area contributed by atoms with Crippen molar-refractivity contribution in [3.63, 3.8) is 0 Å². The average Bonchev–Trinajstić information content (AvgIpc) is 3.12. The van der Waals surface area contributed by atoms with Crippen molar-refractivity contribution in [1.82, 2.24) is 5.16 Å². The lowest BCUT2D eigenvalue weighted by atomic mass is 9.86. The number of halogens is 10. The van der Waals surface area contributed by atoms with Crippen LogP contribution in [0.5, 0.6) is 0 Å². The lowest BCUT2D eigenvalue weighted by molar-refractivity contribution is 0.336. The van der Waals surface area contributed by atoms with Crippen LogP contribution in [0.1, 0.15) is 28.5 Å².